The van der Waals surface area contributed by atoms with Gasteiger partial charge in [0.1, 0.15) is 15.0 Å². The Balaban J connectivity index is 2.20. The number of halogens is 3. The van der Waals surface area contributed by atoms with Crippen LogP contribution in [-0.2, 0) is 0 Å². The quantitative estimate of drug-likeness (QED) is 0.682. The van der Waals surface area contributed by atoms with Crippen LogP contribution in [-0.4, -0.2) is 26.7 Å². The van der Waals surface area contributed by atoms with E-state index in [0.29, 0.717) is 21.1 Å². The fraction of sp³-hybridized carbons (Fsp3) is 0.429. The van der Waals surface area contributed by atoms with Crippen molar-refractivity contribution in [2.75, 3.05) is 0 Å². The molecule has 0 bridgehead atoms. The number of rotatable bonds is 2. The molecule has 8 heteroatoms. The highest BCUT2D eigenvalue weighted by Gasteiger charge is 2.27. The van der Waals surface area contributed by atoms with E-state index in [4.69, 9.17) is 28.9 Å². The topological polar surface area (TPSA) is 81.1 Å². The number of nitrogens with zero attached hydrogens (tertiary/aromatic N) is 2. The Bertz CT molecular complexity index is 754. The Labute approximate surface area is 150 Å². The minimum atomic E-state index is -0.623. The van der Waals surface area contributed by atoms with Gasteiger partial charge >= 0.3 is 0 Å². The number of fused-ring (bicyclic) bond motifs is 1. The number of aromatic nitrogens is 2. The molecule has 2 heterocycles. The lowest BCUT2D eigenvalue weighted by Gasteiger charge is -2.27. The number of nitrogens with two attached hydrogens (primary N) is 1. The van der Waals surface area contributed by atoms with Gasteiger partial charge in [-0.1, -0.05) is 23.2 Å². The van der Waals surface area contributed by atoms with Crippen molar-refractivity contribution in [2.24, 2.45) is 5.73 Å². The van der Waals surface area contributed by atoms with E-state index in [1.54, 1.807) is 0 Å². The lowest BCUT2D eigenvalue weighted by Crippen LogP contribution is -2.22. The van der Waals surface area contributed by atoms with Crippen molar-refractivity contribution in [1.82, 2.24) is 9.55 Å². The summed E-state index contributed by atoms with van der Waals surface area (Å²) in [5.41, 5.74) is 6.03. The number of carbonyl (C=O) groups is 1. The molecule has 1 fully saturated rings. The van der Waals surface area contributed by atoms with Gasteiger partial charge in [0.05, 0.1) is 21.5 Å². The highest BCUT2D eigenvalue weighted by molar-refractivity contribution is 14.1. The number of primary amides is 1. The minimum absolute atomic E-state index is 0.125. The zero-order valence-corrected chi connectivity index (χ0v) is 15.2. The molecule has 0 saturated heterocycles. The maximum absolute atomic E-state index is 11.4. The van der Waals surface area contributed by atoms with Crippen LogP contribution in [0.25, 0.3) is 11.0 Å². The highest BCUT2D eigenvalue weighted by atomic mass is 127. The molecule has 118 valence electrons. The van der Waals surface area contributed by atoms with Crippen molar-refractivity contribution in [3.05, 3.63) is 25.5 Å². The Kier molecular flexibility index (Phi) is 4.55. The van der Waals surface area contributed by atoms with Crippen molar-refractivity contribution in [3.8, 4) is 0 Å². The van der Waals surface area contributed by atoms with Crippen LogP contribution in [0.5, 0.6) is 0 Å². The van der Waals surface area contributed by atoms with E-state index in [1.807, 2.05) is 4.57 Å². The summed E-state index contributed by atoms with van der Waals surface area (Å²) in [4.78, 5) is 15.8. The third-order valence-electron chi connectivity index (χ3n) is 4.08. The minimum Gasteiger partial charge on any atom is -0.393 e. The molecule has 1 aliphatic carbocycles. The molecule has 3 N–H and O–H groups in total. The van der Waals surface area contributed by atoms with Crippen LogP contribution in [0.1, 0.15) is 42.2 Å². The second-order valence-corrected chi connectivity index (χ2v) is 7.30. The summed E-state index contributed by atoms with van der Waals surface area (Å²) >= 11 is 14.8. The fourth-order valence-electron chi connectivity index (χ4n) is 2.96. The van der Waals surface area contributed by atoms with Gasteiger partial charge in [0.2, 0.25) is 0 Å². The Morgan fingerprint density at radius 3 is 2.59 bits per heavy atom. The third-order valence-corrected chi connectivity index (χ3v) is 6.12. The number of amides is 1. The monoisotopic (exact) mass is 453 g/mol. The molecule has 1 aliphatic rings. The predicted octanol–water partition coefficient (Wildman–Crippen LogP) is 3.52. The van der Waals surface area contributed by atoms with Crippen LogP contribution < -0.4 is 5.73 Å². The summed E-state index contributed by atoms with van der Waals surface area (Å²) in [5.74, 6) is -0.623. The van der Waals surface area contributed by atoms with Gasteiger partial charge in [-0.05, 0) is 54.3 Å². The van der Waals surface area contributed by atoms with Crippen LogP contribution >= 0.6 is 45.8 Å². The molecule has 1 amide bonds. The number of aliphatic hydroxyl groups is 1. The van der Waals surface area contributed by atoms with E-state index in [1.165, 1.54) is 6.07 Å². The summed E-state index contributed by atoms with van der Waals surface area (Å²) in [6, 6.07) is 1.63. The summed E-state index contributed by atoms with van der Waals surface area (Å²) in [6.07, 6.45) is 2.89. The molecule has 2 aromatic rings. The van der Waals surface area contributed by atoms with Gasteiger partial charge in [-0.2, -0.15) is 0 Å². The molecule has 22 heavy (non-hydrogen) atoms. The average molecular weight is 454 g/mol. The molecule has 1 saturated carbocycles. The van der Waals surface area contributed by atoms with Gasteiger partial charge in [-0.15, -0.1) is 0 Å². The standard InChI is InChI=1S/C14H14Cl2IN3O2/c15-8-5-9(13(18)22)19-14-10(8)11(16)12(17)20(14)6-1-3-7(21)4-2-6/h5-7,21H,1-4H2,(H2,18,22). The van der Waals surface area contributed by atoms with Crippen molar-refractivity contribution >= 4 is 62.7 Å². The zero-order valence-electron chi connectivity index (χ0n) is 11.5. The highest BCUT2D eigenvalue weighted by Crippen LogP contribution is 2.41. The van der Waals surface area contributed by atoms with E-state index in [2.05, 4.69) is 27.6 Å². The molecular formula is C14H14Cl2IN3O2. The summed E-state index contributed by atoms with van der Waals surface area (Å²) < 4.78 is 2.86. The van der Waals surface area contributed by atoms with Crippen LogP contribution in [0.15, 0.2) is 6.07 Å². The molecule has 0 radical (unpaired) electrons. The van der Waals surface area contributed by atoms with Gasteiger partial charge in [-0.3, -0.25) is 4.79 Å². The van der Waals surface area contributed by atoms with E-state index in [9.17, 15) is 9.90 Å². The Morgan fingerprint density at radius 2 is 2.00 bits per heavy atom. The van der Waals surface area contributed by atoms with Gasteiger partial charge in [0, 0.05) is 6.04 Å². The molecule has 0 unspecified atom stereocenters. The molecule has 3 rings (SSSR count). The molecule has 0 aliphatic heterocycles. The van der Waals surface area contributed by atoms with Crippen molar-refractivity contribution in [3.63, 3.8) is 0 Å². The first-order valence-electron chi connectivity index (χ1n) is 6.93. The maximum atomic E-state index is 11.4. The number of hydrogen-bond donors (Lipinski definition) is 2. The smallest absolute Gasteiger partial charge is 0.267 e. The largest absolute Gasteiger partial charge is 0.393 e. The average Bonchev–Trinajstić information content (AvgIpc) is 2.72. The zero-order chi connectivity index (χ0) is 16.0. The molecule has 0 atom stereocenters. The molecule has 5 nitrogen and oxygen atoms in total. The molecule has 0 aromatic carbocycles. The Morgan fingerprint density at radius 1 is 1.36 bits per heavy atom. The van der Waals surface area contributed by atoms with Gasteiger partial charge in [-0.25, -0.2) is 4.98 Å². The van der Waals surface area contributed by atoms with Crippen LogP contribution in [0.3, 0.4) is 0 Å². The van der Waals surface area contributed by atoms with E-state index < -0.39 is 5.91 Å². The summed E-state index contributed by atoms with van der Waals surface area (Å²) in [5, 5.41) is 11.2. The third kappa shape index (κ3) is 2.70. The van der Waals surface area contributed by atoms with Gasteiger partial charge in [0.15, 0.2) is 0 Å². The lowest BCUT2D eigenvalue weighted by atomic mass is 9.93. The second kappa shape index (κ2) is 6.14. The van der Waals surface area contributed by atoms with E-state index in [0.717, 1.165) is 29.4 Å². The number of hydrogen-bond acceptors (Lipinski definition) is 3. The molecule has 0 spiro atoms. The molecular weight excluding hydrogens is 440 g/mol. The number of aliphatic hydroxyl groups excluding tert-OH is 1. The summed E-state index contributed by atoms with van der Waals surface area (Å²) in [7, 11) is 0. The Hall–Kier alpha value is -0.570. The van der Waals surface area contributed by atoms with Crippen molar-refractivity contribution in [2.45, 2.75) is 37.8 Å². The lowest BCUT2D eigenvalue weighted by molar-refractivity contribution is 0.0996. The van der Waals surface area contributed by atoms with Crippen molar-refractivity contribution in [1.29, 1.82) is 0 Å². The summed E-state index contributed by atoms with van der Waals surface area (Å²) in [6.45, 7) is 0. The van der Waals surface area contributed by atoms with Crippen molar-refractivity contribution < 1.29 is 9.90 Å². The number of carbonyl (C=O) groups excluding carboxylic acids is 1. The predicted molar refractivity (Wildman–Crippen MR) is 94.5 cm³/mol. The fourth-order valence-corrected chi connectivity index (χ4v) is 4.46. The van der Waals surface area contributed by atoms with Crippen LogP contribution in [0, 0.1) is 3.70 Å². The molecule has 2 aromatic heterocycles. The first-order valence-corrected chi connectivity index (χ1v) is 8.77. The van der Waals surface area contributed by atoms with E-state index >= 15 is 0 Å². The second-order valence-electron chi connectivity index (χ2n) is 5.49. The normalized spacial score (nSPS) is 22.2. The first-order chi connectivity index (χ1) is 10.4. The van der Waals surface area contributed by atoms with Gasteiger partial charge < -0.3 is 15.4 Å². The van der Waals surface area contributed by atoms with Crippen LogP contribution in [0.4, 0.5) is 0 Å². The van der Waals surface area contributed by atoms with Gasteiger partial charge in [0.25, 0.3) is 5.91 Å². The SMILES string of the molecule is NC(=O)c1cc(Cl)c2c(Cl)c(I)n(C3CCC(O)CC3)c2n1. The first kappa shape index (κ1) is 16.3. The van der Waals surface area contributed by atoms with E-state index in [-0.39, 0.29) is 17.8 Å². The van der Waals surface area contributed by atoms with Crippen LogP contribution in [0.2, 0.25) is 10.0 Å². The number of pyridine rings is 1. The maximum Gasteiger partial charge on any atom is 0.267 e.